The van der Waals surface area contributed by atoms with Crippen molar-refractivity contribution < 1.29 is 4.74 Å². The molecule has 0 aliphatic rings. The van der Waals surface area contributed by atoms with E-state index in [2.05, 4.69) is 36.1 Å². The maximum atomic E-state index is 5.85. The standard InChI is InChI=1S/C12H20ClN3O/c1-4-7-17-10-5-6-14-11(16-10)15-9-12(2,3)8-13/h5-6H,4,7-9H2,1-3H3,(H,14,15,16). The monoisotopic (exact) mass is 257 g/mol. The lowest BCUT2D eigenvalue weighted by molar-refractivity contribution is 0.305. The highest BCUT2D eigenvalue weighted by Crippen LogP contribution is 2.17. The molecule has 0 aromatic carbocycles. The predicted molar refractivity (Wildman–Crippen MR) is 70.8 cm³/mol. The molecule has 0 unspecified atom stereocenters. The number of halogens is 1. The Labute approximate surface area is 108 Å². The molecule has 1 aromatic heterocycles. The quantitative estimate of drug-likeness (QED) is 0.763. The normalized spacial score (nSPS) is 11.3. The van der Waals surface area contributed by atoms with Crippen LogP contribution in [-0.4, -0.2) is 29.0 Å². The molecule has 1 rings (SSSR count). The molecule has 96 valence electrons. The molecule has 1 heterocycles. The van der Waals surface area contributed by atoms with Crippen molar-refractivity contribution in [1.82, 2.24) is 9.97 Å². The summed E-state index contributed by atoms with van der Waals surface area (Å²) in [7, 11) is 0. The summed E-state index contributed by atoms with van der Waals surface area (Å²) in [4.78, 5) is 8.40. The molecule has 0 radical (unpaired) electrons. The van der Waals surface area contributed by atoms with E-state index in [9.17, 15) is 0 Å². The van der Waals surface area contributed by atoms with E-state index in [0.29, 0.717) is 24.3 Å². The zero-order valence-corrected chi connectivity index (χ0v) is 11.4. The number of rotatable bonds is 7. The van der Waals surface area contributed by atoms with Crippen molar-refractivity contribution in [3.63, 3.8) is 0 Å². The lowest BCUT2D eigenvalue weighted by atomic mass is 9.97. The molecular formula is C12H20ClN3O. The molecule has 0 bridgehead atoms. The minimum Gasteiger partial charge on any atom is -0.478 e. The maximum Gasteiger partial charge on any atom is 0.225 e. The van der Waals surface area contributed by atoms with Crippen molar-refractivity contribution in [2.24, 2.45) is 5.41 Å². The number of ether oxygens (including phenoxy) is 1. The van der Waals surface area contributed by atoms with Gasteiger partial charge in [-0.2, -0.15) is 4.98 Å². The number of nitrogens with zero attached hydrogens (tertiary/aromatic N) is 2. The number of alkyl halides is 1. The summed E-state index contributed by atoms with van der Waals surface area (Å²) in [6.45, 7) is 7.63. The van der Waals surface area contributed by atoms with Gasteiger partial charge in [0.05, 0.1) is 6.61 Å². The molecule has 17 heavy (non-hydrogen) atoms. The van der Waals surface area contributed by atoms with Gasteiger partial charge in [0.15, 0.2) is 0 Å². The molecule has 4 nitrogen and oxygen atoms in total. The fourth-order valence-electron chi connectivity index (χ4n) is 1.08. The van der Waals surface area contributed by atoms with Gasteiger partial charge in [0.25, 0.3) is 0 Å². The van der Waals surface area contributed by atoms with Gasteiger partial charge < -0.3 is 10.1 Å². The third-order valence-corrected chi connectivity index (χ3v) is 2.89. The summed E-state index contributed by atoms with van der Waals surface area (Å²) < 4.78 is 5.44. The van der Waals surface area contributed by atoms with Gasteiger partial charge in [-0.1, -0.05) is 20.8 Å². The average Bonchev–Trinajstić information content (AvgIpc) is 2.35. The second-order valence-corrected chi connectivity index (χ2v) is 4.99. The van der Waals surface area contributed by atoms with Crippen LogP contribution in [0.4, 0.5) is 5.95 Å². The summed E-state index contributed by atoms with van der Waals surface area (Å²) in [6, 6.07) is 1.76. The molecule has 0 saturated carbocycles. The number of hydrogen-bond donors (Lipinski definition) is 1. The van der Waals surface area contributed by atoms with Gasteiger partial charge in [0.1, 0.15) is 0 Å². The number of aromatic nitrogens is 2. The van der Waals surface area contributed by atoms with Crippen LogP contribution in [0.15, 0.2) is 12.3 Å². The van der Waals surface area contributed by atoms with Crippen LogP contribution in [-0.2, 0) is 0 Å². The van der Waals surface area contributed by atoms with Crippen molar-refractivity contribution in [1.29, 1.82) is 0 Å². The van der Waals surface area contributed by atoms with Crippen LogP contribution >= 0.6 is 11.6 Å². The molecule has 0 aliphatic carbocycles. The average molecular weight is 258 g/mol. The fraction of sp³-hybridized carbons (Fsp3) is 0.667. The van der Waals surface area contributed by atoms with Crippen LogP contribution in [0, 0.1) is 5.41 Å². The minimum atomic E-state index is 0.0190. The molecule has 0 fully saturated rings. The van der Waals surface area contributed by atoms with Crippen molar-refractivity contribution in [3.05, 3.63) is 12.3 Å². The summed E-state index contributed by atoms with van der Waals surface area (Å²) >= 11 is 5.85. The van der Waals surface area contributed by atoms with Gasteiger partial charge in [-0.05, 0) is 11.8 Å². The number of hydrogen-bond acceptors (Lipinski definition) is 4. The van der Waals surface area contributed by atoms with Crippen LogP contribution in [0.3, 0.4) is 0 Å². The summed E-state index contributed by atoms with van der Waals surface area (Å²) in [6.07, 6.45) is 2.65. The zero-order valence-electron chi connectivity index (χ0n) is 10.7. The van der Waals surface area contributed by atoms with E-state index in [-0.39, 0.29) is 5.41 Å². The Hall–Kier alpha value is -1.03. The van der Waals surface area contributed by atoms with E-state index in [0.717, 1.165) is 13.0 Å². The first-order chi connectivity index (χ1) is 8.07. The molecule has 0 aliphatic heterocycles. The van der Waals surface area contributed by atoms with E-state index in [4.69, 9.17) is 16.3 Å². The summed E-state index contributed by atoms with van der Waals surface area (Å²) in [5, 5.41) is 3.17. The highest BCUT2D eigenvalue weighted by molar-refractivity contribution is 6.18. The van der Waals surface area contributed by atoms with Crippen LogP contribution in [0.5, 0.6) is 5.88 Å². The predicted octanol–water partition coefficient (Wildman–Crippen LogP) is 2.94. The van der Waals surface area contributed by atoms with Gasteiger partial charge in [-0.25, -0.2) is 4.98 Å². The molecule has 5 heteroatoms. The van der Waals surface area contributed by atoms with Gasteiger partial charge in [-0.15, -0.1) is 11.6 Å². The first kappa shape index (κ1) is 14.0. The fourth-order valence-corrected chi connectivity index (χ4v) is 1.17. The smallest absolute Gasteiger partial charge is 0.225 e. The molecule has 1 aromatic rings. The van der Waals surface area contributed by atoms with E-state index in [1.165, 1.54) is 0 Å². The Morgan fingerprint density at radius 3 is 2.88 bits per heavy atom. The topological polar surface area (TPSA) is 47.0 Å². The van der Waals surface area contributed by atoms with Crippen LogP contribution in [0.25, 0.3) is 0 Å². The van der Waals surface area contributed by atoms with Crippen LogP contribution < -0.4 is 10.1 Å². The van der Waals surface area contributed by atoms with E-state index >= 15 is 0 Å². The Bertz CT molecular complexity index is 344. The summed E-state index contributed by atoms with van der Waals surface area (Å²) in [5.74, 6) is 1.77. The third-order valence-electron chi connectivity index (χ3n) is 2.17. The number of nitrogens with one attached hydrogen (secondary N) is 1. The largest absolute Gasteiger partial charge is 0.478 e. The van der Waals surface area contributed by atoms with Crippen molar-refractivity contribution >= 4 is 17.5 Å². The molecular weight excluding hydrogens is 238 g/mol. The molecule has 0 spiro atoms. The van der Waals surface area contributed by atoms with E-state index < -0.39 is 0 Å². The van der Waals surface area contributed by atoms with Gasteiger partial charge in [-0.3, -0.25) is 0 Å². The van der Waals surface area contributed by atoms with Crippen molar-refractivity contribution in [3.8, 4) is 5.88 Å². The van der Waals surface area contributed by atoms with E-state index in [1.807, 2.05) is 0 Å². The Balaban J connectivity index is 2.53. The maximum absolute atomic E-state index is 5.85. The van der Waals surface area contributed by atoms with Crippen molar-refractivity contribution in [2.45, 2.75) is 27.2 Å². The molecule has 0 amide bonds. The second-order valence-electron chi connectivity index (χ2n) is 4.72. The first-order valence-corrected chi connectivity index (χ1v) is 6.36. The highest BCUT2D eigenvalue weighted by Gasteiger charge is 2.16. The first-order valence-electron chi connectivity index (χ1n) is 5.83. The Kier molecular flexibility index (Phi) is 5.48. The van der Waals surface area contributed by atoms with Gasteiger partial charge in [0.2, 0.25) is 11.8 Å². The number of anilines is 1. The lowest BCUT2D eigenvalue weighted by Gasteiger charge is -2.21. The molecule has 0 atom stereocenters. The van der Waals surface area contributed by atoms with Gasteiger partial charge >= 0.3 is 0 Å². The Morgan fingerprint density at radius 2 is 2.24 bits per heavy atom. The second kappa shape index (κ2) is 6.64. The summed E-state index contributed by atoms with van der Waals surface area (Å²) in [5.41, 5.74) is 0.0190. The lowest BCUT2D eigenvalue weighted by Crippen LogP contribution is -2.25. The Morgan fingerprint density at radius 1 is 1.47 bits per heavy atom. The SMILES string of the molecule is CCCOc1ccnc(NCC(C)(C)CCl)n1. The molecule has 0 saturated heterocycles. The van der Waals surface area contributed by atoms with Gasteiger partial charge in [0, 0.05) is 24.7 Å². The van der Waals surface area contributed by atoms with E-state index in [1.54, 1.807) is 12.3 Å². The minimum absolute atomic E-state index is 0.0190. The van der Waals surface area contributed by atoms with Crippen LogP contribution in [0.1, 0.15) is 27.2 Å². The third kappa shape index (κ3) is 5.22. The molecule has 1 N–H and O–H groups in total. The zero-order chi connectivity index (χ0) is 12.7. The van der Waals surface area contributed by atoms with Crippen molar-refractivity contribution in [2.75, 3.05) is 24.3 Å². The highest BCUT2D eigenvalue weighted by atomic mass is 35.5. The van der Waals surface area contributed by atoms with Crippen LogP contribution in [0.2, 0.25) is 0 Å².